The van der Waals surface area contributed by atoms with E-state index < -0.39 is 72.7 Å². The third kappa shape index (κ3) is 12.1. The molecule has 2 amide bonds. The maximum absolute atomic E-state index is 13.1. The van der Waals surface area contributed by atoms with Gasteiger partial charge in [-0.3, -0.25) is 28.9 Å². The van der Waals surface area contributed by atoms with Gasteiger partial charge in [-0.1, -0.05) is 44.4 Å². The number of aliphatic carboxylic acids is 1. The fourth-order valence-electron chi connectivity index (χ4n) is 6.50. The number of amides is 2. The summed E-state index contributed by atoms with van der Waals surface area (Å²) in [6, 6.07) is 5.16. The molecule has 4 N–H and O–H groups in total. The van der Waals surface area contributed by atoms with E-state index in [0.29, 0.717) is 19.4 Å². The second kappa shape index (κ2) is 19.8. The zero-order valence-corrected chi connectivity index (χ0v) is 32.2. The molecule has 0 radical (unpaired) electrons. The highest BCUT2D eigenvalue weighted by Gasteiger charge is 2.48. The summed E-state index contributed by atoms with van der Waals surface area (Å²) in [5.74, 6) is -3.14. The van der Waals surface area contributed by atoms with Gasteiger partial charge in [0.25, 0.3) is 20.0 Å². The number of hydrogen-bond acceptors (Lipinski definition) is 14. The molecule has 0 spiro atoms. The van der Waals surface area contributed by atoms with Gasteiger partial charge in [-0.15, -0.1) is 0 Å². The highest BCUT2D eigenvalue weighted by atomic mass is 32.2. The molecular formula is C33H49N5O14S2. The molecule has 21 heteroatoms. The molecule has 302 valence electrons. The van der Waals surface area contributed by atoms with Crippen LogP contribution in [0.25, 0.3) is 0 Å². The number of ether oxygens (including phenoxy) is 2. The van der Waals surface area contributed by atoms with Crippen molar-refractivity contribution in [1.82, 2.24) is 20.7 Å². The van der Waals surface area contributed by atoms with Gasteiger partial charge in [-0.25, -0.2) is 13.2 Å². The minimum absolute atomic E-state index is 0.00817. The zero-order valence-electron chi connectivity index (χ0n) is 30.6. The Hall–Kier alpha value is -4.34. The van der Waals surface area contributed by atoms with Crippen molar-refractivity contribution in [1.29, 1.82) is 0 Å². The van der Waals surface area contributed by atoms with Crippen molar-refractivity contribution >= 4 is 43.7 Å². The first kappa shape index (κ1) is 44.1. The lowest BCUT2D eigenvalue weighted by Crippen LogP contribution is -2.55. The number of aromatic nitrogens is 2. The average molecular weight is 804 g/mol. The molecule has 54 heavy (non-hydrogen) atoms. The highest BCUT2D eigenvalue weighted by molar-refractivity contribution is 7.91. The van der Waals surface area contributed by atoms with E-state index in [1.807, 2.05) is 6.92 Å². The number of carboxylic acids is 1. The molecule has 1 aliphatic heterocycles. The van der Waals surface area contributed by atoms with Crippen LogP contribution in [0.2, 0.25) is 0 Å². The van der Waals surface area contributed by atoms with Gasteiger partial charge in [0.1, 0.15) is 18.2 Å². The quantitative estimate of drug-likeness (QED) is 0.0995. The smallest absolute Gasteiger partial charge is 0.415 e. The normalized spacial score (nSPS) is 20.0. The van der Waals surface area contributed by atoms with E-state index in [1.165, 1.54) is 31.2 Å². The number of hydrogen-bond donors (Lipinski definition) is 4. The largest absolute Gasteiger partial charge is 0.480 e. The van der Waals surface area contributed by atoms with Crippen LogP contribution in [0.3, 0.4) is 0 Å². The first-order valence-electron chi connectivity index (χ1n) is 17.7. The van der Waals surface area contributed by atoms with Crippen molar-refractivity contribution in [2.45, 2.75) is 119 Å². The molecule has 19 nitrogen and oxygen atoms in total. The molecular weight excluding hydrogens is 755 g/mol. The van der Waals surface area contributed by atoms with Gasteiger partial charge in [-0.2, -0.15) is 8.42 Å². The van der Waals surface area contributed by atoms with Crippen molar-refractivity contribution in [3.63, 3.8) is 0 Å². The SMILES string of the molecule is CC(CC(=O)NCCS(=O)(=O)O)Oc1no[n+]([O-])c1S(=O)(=O)c1ccccc1.CCC[C@H](N[C@@H](C)C(=O)N1[C@H](C(=O)O)C[C@@H]2CCCC[C@@H]21)C(=O)OCC. The Labute approximate surface area is 313 Å². The summed E-state index contributed by atoms with van der Waals surface area (Å²) in [7, 11) is -8.50. The van der Waals surface area contributed by atoms with E-state index in [-0.39, 0.29) is 46.6 Å². The van der Waals surface area contributed by atoms with Crippen molar-refractivity contribution in [2.75, 3.05) is 18.9 Å². The van der Waals surface area contributed by atoms with Crippen LogP contribution in [0, 0.1) is 11.1 Å². The lowest BCUT2D eigenvalue weighted by Gasteiger charge is -2.35. The number of likely N-dealkylation sites (tertiary alicyclic amines) is 1. The number of rotatable bonds is 17. The minimum Gasteiger partial charge on any atom is -0.480 e. The number of carbonyl (C=O) groups excluding carboxylic acids is 3. The summed E-state index contributed by atoms with van der Waals surface area (Å²) in [6.45, 7) is 6.81. The monoisotopic (exact) mass is 803 g/mol. The van der Waals surface area contributed by atoms with Gasteiger partial charge in [-0.05, 0) is 69.4 Å². The van der Waals surface area contributed by atoms with Crippen molar-refractivity contribution in [3.05, 3.63) is 35.5 Å². The van der Waals surface area contributed by atoms with E-state index in [9.17, 15) is 46.3 Å². The Bertz CT molecular complexity index is 1810. The number of carbonyl (C=O) groups is 4. The summed E-state index contributed by atoms with van der Waals surface area (Å²) >= 11 is 0. The second-order valence-corrected chi connectivity index (χ2v) is 16.5. The first-order valence-corrected chi connectivity index (χ1v) is 20.8. The Morgan fingerprint density at radius 2 is 1.76 bits per heavy atom. The predicted octanol–water partition coefficient (Wildman–Crippen LogP) is 1.24. The van der Waals surface area contributed by atoms with Crippen molar-refractivity contribution < 1.29 is 64.7 Å². The Morgan fingerprint density at radius 3 is 2.37 bits per heavy atom. The Morgan fingerprint density at radius 1 is 1.09 bits per heavy atom. The standard InChI is InChI=1S/C19H32N2O5.C14H17N3O9S2/c1-4-8-14(19(25)26-5-2)20-12(3)17(22)21-15-10-7-6-9-13(15)11-16(21)18(23)24;1-10(9-12(18)15-7-8-27(20,21)22)25-13-14(17(19)26-16-13)28(23,24)11-5-3-2-4-6-11/h12-16,20H,4-11H2,1-3H3,(H,23,24);2-6,10H,7-9H2,1H3,(H,15,18)(H,20,21,22)/t12-,13-,14-,15-,16-;/m0./s1. The molecule has 2 heterocycles. The van der Waals surface area contributed by atoms with Gasteiger partial charge < -0.3 is 30.0 Å². The van der Waals surface area contributed by atoms with Crippen LogP contribution < -0.4 is 20.3 Å². The van der Waals surface area contributed by atoms with Crippen LogP contribution in [-0.4, -0.2) is 109 Å². The molecule has 1 unspecified atom stereocenters. The van der Waals surface area contributed by atoms with Gasteiger partial charge in [0, 0.05) is 12.6 Å². The zero-order chi connectivity index (χ0) is 40.2. The number of nitrogens with one attached hydrogen (secondary N) is 2. The molecule has 2 fully saturated rings. The van der Waals surface area contributed by atoms with E-state index >= 15 is 0 Å². The number of fused-ring (bicyclic) bond motifs is 1. The summed E-state index contributed by atoms with van der Waals surface area (Å²) in [5, 5.41) is 29.1. The predicted molar refractivity (Wildman–Crippen MR) is 188 cm³/mol. The van der Waals surface area contributed by atoms with Crippen LogP contribution in [0.5, 0.6) is 5.88 Å². The lowest BCUT2D eigenvalue weighted by atomic mass is 9.84. The summed E-state index contributed by atoms with van der Waals surface area (Å²) < 4.78 is 69.7. The fraction of sp³-hybridized carbons (Fsp3) is 0.636. The van der Waals surface area contributed by atoms with Gasteiger partial charge in [0.05, 0.1) is 34.9 Å². The van der Waals surface area contributed by atoms with Gasteiger partial charge in [0.15, 0.2) is 0 Å². The molecule has 0 bridgehead atoms. The van der Waals surface area contributed by atoms with Crippen LogP contribution in [0.4, 0.5) is 0 Å². The van der Waals surface area contributed by atoms with Crippen LogP contribution in [-0.2, 0) is 43.9 Å². The average Bonchev–Trinajstić information content (AvgIpc) is 3.68. The van der Waals surface area contributed by atoms with E-state index in [1.54, 1.807) is 24.8 Å². The topological polar surface area (TPSA) is 276 Å². The molecule has 1 aromatic heterocycles. The van der Waals surface area contributed by atoms with Crippen LogP contribution in [0.15, 0.2) is 44.9 Å². The minimum atomic E-state index is -4.29. The molecule has 4 rings (SSSR count). The maximum Gasteiger partial charge on any atom is 0.415 e. The number of carboxylic acid groups (broad SMARTS) is 1. The molecule has 1 saturated heterocycles. The molecule has 2 aromatic rings. The molecule has 6 atom stereocenters. The van der Waals surface area contributed by atoms with Crippen molar-refractivity contribution in [2.24, 2.45) is 5.92 Å². The van der Waals surface area contributed by atoms with Gasteiger partial charge in [0.2, 0.25) is 11.8 Å². The summed E-state index contributed by atoms with van der Waals surface area (Å²) in [6.07, 6.45) is 4.64. The fourth-order valence-corrected chi connectivity index (χ4v) is 8.15. The third-order valence-electron chi connectivity index (χ3n) is 8.92. The van der Waals surface area contributed by atoms with Crippen LogP contribution >= 0.6 is 0 Å². The maximum atomic E-state index is 13.1. The number of esters is 1. The Balaban J connectivity index is 0.000000291. The lowest BCUT2D eigenvalue weighted by molar-refractivity contribution is -0.832. The highest BCUT2D eigenvalue weighted by Crippen LogP contribution is 2.40. The second-order valence-electron chi connectivity index (χ2n) is 13.1. The Kier molecular flexibility index (Phi) is 16.2. The van der Waals surface area contributed by atoms with Crippen molar-refractivity contribution in [3.8, 4) is 5.88 Å². The van der Waals surface area contributed by atoms with E-state index in [4.69, 9.17) is 14.0 Å². The third-order valence-corrected chi connectivity index (χ3v) is 11.4. The summed E-state index contributed by atoms with van der Waals surface area (Å²) in [4.78, 5) is 49.7. The molecule has 1 aromatic carbocycles. The first-order chi connectivity index (χ1) is 25.4. The summed E-state index contributed by atoms with van der Waals surface area (Å²) in [5.41, 5.74) is 0. The molecule has 1 aliphatic carbocycles. The number of sulfone groups is 1. The number of benzene rings is 1. The molecule has 1 saturated carbocycles. The van der Waals surface area contributed by atoms with Gasteiger partial charge >= 0.3 is 22.8 Å². The number of nitrogens with zero attached hydrogens (tertiary/aromatic N) is 3. The van der Waals surface area contributed by atoms with Crippen LogP contribution in [0.1, 0.15) is 79.1 Å². The molecule has 2 aliphatic rings. The van der Waals surface area contributed by atoms with E-state index in [0.717, 1.165) is 32.1 Å². The van der Waals surface area contributed by atoms with E-state index in [2.05, 4.69) is 20.4 Å².